The molecule has 2 aromatic rings. The maximum Gasteiger partial charge on any atom is 0.321 e. The Kier molecular flexibility index (Phi) is 6.09. The minimum Gasteiger partial charge on any atom is -0.337 e. The number of ketones is 1. The van der Waals surface area contributed by atoms with Crippen LogP contribution in [0.5, 0.6) is 0 Å². The molecule has 3 rings (SSSR count). The number of hydrogen-bond acceptors (Lipinski definition) is 3. The number of aryl methyl sites for hydroxylation is 1. The van der Waals surface area contributed by atoms with Gasteiger partial charge in [-0.2, -0.15) is 0 Å². The molecule has 0 saturated carbocycles. The molecule has 1 heterocycles. The number of nitrogens with zero attached hydrogens (tertiary/aromatic N) is 2. The van der Waals surface area contributed by atoms with Gasteiger partial charge in [0.2, 0.25) is 0 Å². The zero-order chi connectivity index (χ0) is 20.1. The molecule has 0 unspecified atom stereocenters. The highest BCUT2D eigenvalue weighted by Gasteiger charge is 2.23. The van der Waals surface area contributed by atoms with Gasteiger partial charge in [-0.25, -0.2) is 4.79 Å². The third-order valence-electron chi connectivity index (χ3n) is 4.86. The van der Waals surface area contributed by atoms with Gasteiger partial charge in [0.05, 0.1) is 0 Å². The van der Waals surface area contributed by atoms with Crippen LogP contribution in [0.25, 0.3) is 0 Å². The van der Waals surface area contributed by atoms with Gasteiger partial charge in [-0.15, -0.1) is 0 Å². The highest BCUT2D eigenvalue weighted by atomic mass is 16.2. The summed E-state index contributed by atoms with van der Waals surface area (Å²) in [7, 11) is 0. The number of anilines is 1. The number of urea groups is 1. The molecule has 6 nitrogen and oxygen atoms in total. The van der Waals surface area contributed by atoms with Crippen LogP contribution >= 0.6 is 0 Å². The summed E-state index contributed by atoms with van der Waals surface area (Å²) in [5.41, 5.74) is 2.88. The maximum absolute atomic E-state index is 12.7. The van der Waals surface area contributed by atoms with Crippen molar-refractivity contribution >= 4 is 23.4 Å². The van der Waals surface area contributed by atoms with Crippen LogP contribution in [0, 0.1) is 6.92 Å². The third kappa shape index (κ3) is 4.76. The summed E-state index contributed by atoms with van der Waals surface area (Å²) in [6.07, 6.45) is 0.721. The maximum atomic E-state index is 12.7. The predicted molar refractivity (Wildman–Crippen MR) is 109 cm³/mol. The Hall–Kier alpha value is -3.15. The molecular weight excluding hydrogens is 354 g/mol. The first-order chi connectivity index (χ1) is 13.4. The van der Waals surface area contributed by atoms with Crippen molar-refractivity contribution in [1.82, 2.24) is 9.80 Å². The number of Topliss-reactive ketones (excluding diaryl/α,β-unsaturated/α-hetero) is 1. The Balaban J connectivity index is 1.61. The Labute approximate surface area is 165 Å². The molecule has 1 N–H and O–H groups in total. The summed E-state index contributed by atoms with van der Waals surface area (Å²) < 4.78 is 0. The largest absolute Gasteiger partial charge is 0.337 e. The fourth-order valence-corrected chi connectivity index (χ4v) is 3.30. The highest BCUT2D eigenvalue weighted by molar-refractivity contribution is 5.97. The lowest BCUT2D eigenvalue weighted by atomic mass is 10.1. The van der Waals surface area contributed by atoms with Gasteiger partial charge in [0, 0.05) is 43.0 Å². The molecule has 1 aliphatic rings. The summed E-state index contributed by atoms with van der Waals surface area (Å²) in [4.78, 5) is 40.4. The average molecular weight is 379 g/mol. The number of amides is 3. The molecule has 0 radical (unpaired) electrons. The van der Waals surface area contributed by atoms with E-state index >= 15 is 0 Å². The van der Waals surface area contributed by atoms with Gasteiger partial charge in [-0.1, -0.05) is 29.8 Å². The summed E-state index contributed by atoms with van der Waals surface area (Å²) in [5, 5.41) is 2.85. The molecule has 28 heavy (non-hydrogen) atoms. The SMILES string of the molecule is CC(=O)c1cccc(NC(=O)N2CCCN(C(=O)c3cccc(C)c3)CC2)c1. The number of rotatable bonds is 3. The van der Waals surface area contributed by atoms with Crippen LogP contribution in [0.2, 0.25) is 0 Å². The minimum absolute atomic E-state index is 0.000109. The monoisotopic (exact) mass is 379 g/mol. The summed E-state index contributed by atoms with van der Waals surface area (Å²) in [6, 6.07) is 14.2. The molecule has 1 aliphatic heterocycles. The Morgan fingerprint density at radius 2 is 1.54 bits per heavy atom. The van der Waals surface area contributed by atoms with Crippen molar-refractivity contribution in [3.05, 3.63) is 65.2 Å². The Morgan fingerprint density at radius 1 is 0.857 bits per heavy atom. The van der Waals surface area contributed by atoms with E-state index in [0.29, 0.717) is 43.0 Å². The fraction of sp³-hybridized carbons (Fsp3) is 0.318. The second-order valence-electron chi connectivity index (χ2n) is 7.07. The van der Waals surface area contributed by atoms with Crippen molar-refractivity contribution in [2.24, 2.45) is 0 Å². The van der Waals surface area contributed by atoms with Crippen LogP contribution in [-0.4, -0.2) is 53.7 Å². The van der Waals surface area contributed by atoms with E-state index in [0.717, 1.165) is 12.0 Å². The van der Waals surface area contributed by atoms with Gasteiger partial charge in [0.1, 0.15) is 0 Å². The molecule has 0 bridgehead atoms. The second-order valence-corrected chi connectivity index (χ2v) is 7.07. The highest BCUT2D eigenvalue weighted by Crippen LogP contribution is 2.14. The molecule has 146 valence electrons. The van der Waals surface area contributed by atoms with Gasteiger partial charge in [-0.3, -0.25) is 9.59 Å². The fourth-order valence-electron chi connectivity index (χ4n) is 3.30. The number of benzene rings is 2. The Morgan fingerprint density at radius 3 is 2.29 bits per heavy atom. The second kappa shape index (κ2) is 8.69. The van der Waals surface area contributed by atoms with E-state index in [9.17, 15) is 14.4 Å². The normalized spacial score (nSPS) is 14.4. The van der Waals surface area contributed by atoms with E-state index in [2.05, 4.69) is 5.32 Å². The van der Waals surface area contributed by atoms with E-state index in [1.807, 2.05) is 31.2 Å². The number of carbonyl (C=O) groups excluding carboxylic acids is 3. The van der Waals surface area contributed by atoms with E-state index < -0.39 is 0 Å². The van der Waals surface area contributed by atoms with Crippen molar-refractivity contribution in [3.8, 4) is 0 Å². The zero-order valence-electron chi connectivity index (χ0n) is 16.3. The van der Waals surface area contributed by atoms with Gasteiger partial charge >= 0.3 is 6.03 Å². The first-order valence-corrected chi connectivity index (χ1v) is 9.47. The summed E-state index contributed by atoms with van der Waals surface area (Å²) >= 11 is 0. The smallest absolute Gasteiger partial charge is 0.321 e. The lowest BCUT2D eigenvalue weighted by Gasteiger charge is -2.22. The van der Waals surface area contributed by atoms with Crippen molar-refractivity contribution in [3.63, 3.8) is 0 Å². The first-order valence-electron chi connectivity index (χ1n) is 9.47. The number of carbonyl (C=O) groups is 3. The van der Waals surface area contributed by atoms with Crippen molar-refractivity contribution < 1.29 is 14.4 Å². The predicted octanol–water partition coefficient (Wildman–Crippen LogP) is 3.58. The molecule has 0 atom stereocenters. The van der Waals surface area contributed by atoms with Gasteiger partial charge < -0.3 is 15.1 Å². The van der Waals surface area contributed by atoms with E-state index in [4.69, 9.17) is 0 Å². The van der Waals surface area contributed by atoms with E-state index in [-0.39, 0.29) is 17.7 Å². The van der Waals surface area contributed by atoms with Crippen LogP contribution in [0.4, 0.5) is 10.5 Å². The van der Waals surface area contributed by atoms with Crippen LogP contribution in [0.15, 0.2) is 48.5 Å². The minimum atomic E-state index is -0.217. The van der Waals surface area contributed by atoms with Crippen LogP contribution in [0.1, 0.15) is 39.6 Å². The van der Waals surface area contributed by atoms with Crippen LogP contribution < -0.4 is 5.32 Å². The molecule has 3 amide bonds. The topological polar surface area (TPSA) is 69.7 Å². The lowest BCUT2D eigenvalue weighted by Crippen LogP contribution is -2.39. The van der Waals surface area contributed by atoms with Gasteiger partial charge in [0.15, 0.2) is 5.78 Å². The van der Waals surface area contributed by atoms with Crippen LogP contribution in [-0.2, 0) is 0 Å². The first kappa shape index (κ1) is 19.6. The molecule has 0 aliphatic carbocycles. The third-order valence-corrected chi connectivity index (χ3v) is 4.86. The molecule has 0 aromatic heterocycles. The summed E-state index contributed by atoms with van der Waals surface area (Å²) in [6.45, 7) is 5.62. The summed E-state index contributed by atoms with van der Waals surface area (Å²) in [5.74, 6) is -0.0451. The van der Waals surface area contributed by atoms with E-state index in [1.165, 1.54) is 6.92 Å². The van der Waals surface area contributed by atoms with Crippen molar-refractivity contribution in [2.75, 3.05) is 31.5 Å². The number of nitrogens with one attached hydrogen (secondary N) is 1. The quantitative estimate of drug-likeness (QED) is 0.829. The van der Waals surface area contributed by atoms with Gasteiger partial charge in [-0.05, 0) is 44.5 Å². The zero-order valence-corrected chi connectivity index (χ0v) is 16.3. The standard InChI is InChI=1S/C22H25N3O3/c1-16-6-3-8-19(14-16)21(27)24-10-5-11-25(13-12-24)22(28)23-20-9-4-7-18(15-20)17(2)26/h3-4,6-9,14-15H,5,10-13H2,1-2H3,(H,23,28). The molecule has 1 fully saturated rings. The number of hydrogen-bond donors (Lipinski definition) is 1. The lowest BCUT2D eigenvalue weighted by molar-refractivity contribution is 0.0762. The van der Waals surface area contributed by atoms with E-state index in [1.54, 1.807) is 34.1 Å². The molecule has 6 heteroatoms. The van der Waals surface area contributed by atoms with Gasteiger partial charge in [0.25, 0.3) is 5.91 Å². The Bertz CT molecular complexity index is 894. The molecular formula is C22H25N3O3. The van der Waals surface area contributed by atoms with Crippen LogP contribution in [0.3, 0.4) is 0 Å². The van der Waals surface area contributed by atoms with Crippen molar-refractivity contribution in [2.45, 2.75) is 20.3 Å². The molecule has 2 aromatic carbocycles. The van der Waals surface area contributed by atoms with Crippen molar-refractivity contribution in [1.29, 1.82) is 0 Å². The average Bonchev–Trinajstić information content (AvgIpc) is 2.94. The molecule has 1 saturated heterocycles. The molecule has 0 spiro atoms.